The van der Waals surface area contributed by atoms with Crippen LogP contribution in [0, 0.1) is 11.8 Å². The molecule has 0 bridgehead atoms. The maximum absolute atomic E-state index is 12.8. The molecule has 6 nitrogen and oxygen atoms in total. The van der Waals surface area contributed by atoms with E-state index in [1.807, 2.05) is 0 Å². The summed E-state index contributed by atoms with van der Waals surface area (Å²) in [5, 5.41) is 0. The Hall–Kier alpha value is -1.59. The highest BCUT2D eigenvalue weighted by Gasteiger charge is 2.19. The van der Waals surface area contributed by atoms with Crippen molar-refractivity contribution < 1.29 is 28.6 Å². The first kappa shape index (κ1) is 58.4. The average molecular weight is 849 g/mol. The van der Waals surface area contributed by atoms with Gasteiger partial charge in [0.1, 0.15) is 13.2 Å². The standard InChI is InChI=1S/C54H104O6/c1-6-7-8-9-10-11-12-19-24-29-34-39-44-52(55)58-47-51(60-54(57)46-41-36-31-26-21-23-28-33-38-43-50(4)5)48-59-53(56)45-40-35-30-25-20-17-15-13-14-16-18-22-27-32-37-42-49(2)3/h49-51H,6-48H2,1-5H3/t51-/m1/s1. The molecule has 0 saturated carbocycles. The van der Waals surface area contributed by atoms with Crippen molar-refractivity contribution in [3.8, 4) is 0 Å². The van der Waals surface area contributed by atoms with Crippen LogP contribution >= 0.6 is 0 Å². The fourth-order valence-corrected chi connectivity index (χ4v) is 8.17. The third-order valence-electron chi connectivity index (χ3n) is 12.2. The Morgan fingerprint density at radius 2 is 0.550 bits per heavy atom. The zero-order valence-electron chi connectivity index (χ0n) is 41.1. The van der Waals surface area contributed by atoms with E-state index in [1.165, 1.54) is 186 Å². The molecule has 0 saturated heterocycles. The van der Waals surface area contributed by atoms with Gasteiger partial charge in [-0.2, -0.15) is 0 Å². The van der Waals surface area contributed by atoms with Crippen molar-refractivity contribution in [1.29, 1.82) is 0 Å². The van der Waals surface area contributed by atoms with Crippen LogP contribution in [0.5, 0.6) is 0 Å². The molecule has 0 radical (unpaired) electrons. The van der Waals surface area contributed by atoms with Crippen LogP contribution in [0.4, 0.5) is 0 Å². The summed E-state index contributed by atoms with van der Waals surface area (Å²) < 4.78 is 16.8. The number of unbranched alkanes of at least 4 members (excludes halogenated alkanes) is 33. The molecule has 0 aliphatic carbocycles. The van der Waals surface area contributed by atoms with Crippen LogP contribution in [0.1, 0.15) is 298 Å². The van der Waals surface area contributed by atoms with Crippen LogP contribution < -0.4 is 0 Å². The molecule has 0 unspecified atom stereocenters. The Bertz CT molecular complexity index is 916. The first-order valence-corrected chi connectivity index (χ1v) is 26.7. The highest BCUT2D eigenvalue weighted by atomic mass is 16.6. The number of rotatable bonds is 48. The lowest BCUT2D eigenvalue weighted by atomic mass is 10.0. The largest absolute Gasteiger partial charge is 0.462 e. The Labute approximate surface area is 374 Å². The molecule has 1 atom stereocenters. The summed E-state index contributed by atoms with van der Waals surface area (Å²) in [5.41, 5.74) is 0. The summed E-state index contributed by atoms with van der Waals surface area (Å²) in [6.45, 7) is 11.4. The van der Waals surface area contributed by atoms with E-state index in [0.717, 1.165) is 69.6 Å². The maximum atomic E-state index is 12.8. The fourth-order valence-electron chi connectivity index (χ4n) is 8.17. The van der Waals surface area contributed by atoms with Gasteiger partial charge in [-0.05, 0) is 31.1 Å². The molecule has 0 heterocycles. The van der Waals surface area contributed by atoms with Crippen LogP contribution in [0.15, 0.2) is 0 Å². The number of hydrogen-bond donors (Lipinski definition) is 0. The predicted molar refractivity (Wildman–Crippen MR) is 256 cm³/mol. The number of carbonyl (C=O) groups is 3. The van der Waals surface area contributed by atoms with Gasteiger partial charge in [0, 0.05) is 19.3 Å². The Morgan fingerprint density at radius 3 is 0.817 bits per heavy atom. The van der Waals surface area contributed by atoms with Crippen LogP contribution in [0.2, 0.25) is 0 Å². The molecule has 0 rings (SSSR count). The second-order valence-corrected chi connectivity index (χ2v) is 19.5. The van der Waals surface area contributed by atoms with E-state index >= 15 is 0 Å². The van der Waals surface area contributed by atoms with E-state index in [2.05, 4.69) is 34.6 Å². The first-order valence-electron chi connectivity index (χ1n) is 26.7. The van der Waals surface area contributed by atoms with E-state index in [9.17, 15) is 14.4 Å². The molecule has 0 aromatic carbocycles. The lowest BCUT2D eigenvalue weighted by Gasteiger charge is -2.18. The van der Waals surface area contributed by atoms with E-state index < -0.39 is 6.10 Å². The van der Waals surface area contributed by atoms with Gasteiger partial charge in [-0.15, -0.1) is 0 Å². The molecule has 0 aliphatic rings. The molecule has 0 amide bonds. The molecular formula is C54H104O6. The lowest BCUT2D eigenvalue weighted by Crippen LogP contribution is -2.30. The zero-order valence-corrected chi connectivity index (χ0v) is 41.1. The van der Waals surface area contributed by atoms with E-state index in [-0.39, 0.29) is 31.1 Å². The third-order valence-corrected chi connectivity index (χ3v) is 12.2. The Balaban J connectivity index is 4.27. The molecule has 60 heavy (non-hydrogen) atoms. The SMILES string of the molecule is CCCCCCCCCCCCCCC(=O)OC[C@H](COC(=O)CCCCCCCCCCCCCCCCCC(C)C)OC(=O)CCCCCCCCCCCC(C)C. The number of esters is 3. The maximum Gasteiger partial charge on any atom is 0.306 e. The van der Waals surface area contributed by atoms with Crippen molar-refractivity contribution in [1.82, 2.24) is 0 Å². The Morgan fingerprint density at radius 1 is 0.317 bits per heavy atom. The number of hydrogen-bond acceptors (Lipinski definition) is 6. The quantitative estimate of drug-likeness (QED) is 0.0345. The predicted octanol–water partition coefficient (Wildman–Crippen LogP) is 17.3. The third kappa shape index (κ3) is 47.5. The summed E-state index contributed by atoms with van der Waals surface area (Å²) in [6.07, 6.45) is 48.0. The van der Waals surface area contributed by atoms with Crippen molar-refractivity contribution in [2.75, 3.05) is 13.2 Å². The van der Waals surface area contributed by atoms with Crippen molar-refractivity contribution in [2.45, 2.75) is 304 Å². The van der Waals surface area contributed by atoms with Crippen LogP contribution in [-0.2, 0) is 28.6 Å². The fraction of sp³-hybridized carbons (Fsp3) is 0.944. The van der Waals surface area contributed by atoms with Crippen molar-refractivity contribution in [3.63, 3.8) is 0 Å². The van der Waals surface area contributed by atoms with E-state index in [4.69, 9.17) is 14.2 Å². The van der Waals surface area contributed by atoms with Gasteiger partial charge in [0.25, 0.3) is 0 Å². The molecule has 0 aromatic heterocycles. The molecule has 0 spiro atoms. The summed E-state index contributed by atoms with van der Waals surface area (Å²) in [7, 11) is 0. The smallest absolute Gasteiger partial charge is 0.306 e. The first-order chi connectivity index (χ1) is 29.2. The minimum Gasteiger partial charge on any atom is -0.462 e. The van der Waals surface area contributed by atoms with E-state index in [0.29, 0.717) is 19.3 Å². The minimum absolute atomic E-state index is 0.0636. The van der Waals surface area contributed by atoms with Gasteiger partial charge in [-0.3, -0.25) is 14.4 Å². The van der Waals surface area contributed by atoms with Crippen molar-refractivity contribution in [2.24, 2.45) is 11.8 Å². The molecule has 0 aliphatic heterocycles. The molecule has 0 N–H and O–H groups in total. The summed E-state index contributed by atoms with van der Waals surface area (Å²) >= 11 is 0. The Kier molecular flexibility index (Phi) is 45.7. The van der Waals surface area contributed by atoms with Gasteiger partial charge in [0.2, 0.25) is 0 Å². The normalized spacial score (nSPS) is 12.1. The van der Waals surface area contributed by atoms with Gasteiger partial charge in [0.05, 0.1) is 0 Å². The molecule has 356 valence electrons. The number of carbonyl (C=O) groups excluding carboxylic acids is 3. The minimum atomic E-state index is -0.761. The van der Waals surface area contributed by atoms with Crippen LogP contribution in [-0.4, -0.2) is 37.2 Å². The van der Waals surface area contributed by atoms with Gasteiger partial charge in [-0.1, -0.05) is 259 Å². The van der Waals surface area contributed by atoms with Gasteiger partial charge in [-0.25, -0.2) is 0 Å². The van der Waals surface area contributed by atoms with Crippen LogP contribution in [0.25, 0.3) is 0 Å². The van der Waals surface area contributed by atoms with Gasteiger partial charge < -0.3 is 14.2 Å². The molecule has 0 aromatic rings. The molecule has 0 fully saturated rings. The van der Waals surface area contributed by atoms with Gasteiger partial charge >= 0.3 is 17.9 Å². The summed E-state index contributed by atoms with van der Waals surface area (Å²) in [6, 6.07) is 0. The van der Waals surface area contributed by atoms with Crippen molar-refractivity contribution in [3.05, 3.63) is 0 Å². The second-order valence-electron chi connectivity index (χ2n) is 19.5. The lowest BCUT2D eigenvalue weighted by molar-refractivity contribution is -0.167. The summed E-state index contributed by atoms with van der Waals surface area (Å²) in [5.74, 6) is 0.808. The average Bonchev–Trinajstić information content (AvgIpc) is 3.22. The van der Waals surface area contributed by atoms with Gasteiger partial charge in [0.15, 0.2) is 6.10 Å². The highest BCUT2D eigenvalue weighted by molar-refractivity contribution is 5.71. The number of ether oxygens (including phenoxy) is 3. The monoisotopic (exact) mass is 849 g/mol. The second kappa shape index (κ2) is 46.9. The molecular weight excluding hydrogens is 745 g/mol. The zero-order chi connectivity index (χ0) is 44.0. The highest BCUT2D eigenvalue weighted by Crippen LogP contribution is 2.18. The van der Waals surface area contributed by atoms with Crippen molar-refractivity contribution >= 4 is 17.9 Å². The van der Waals surface area contributed by atoms with Crippen LogP contribution in [0.3, 0.4) is 0 Å². The van der Waals surface area contributed by atoms with E-state index in [1.54, 1.807) is 0 Å². The topological polar surface area (TPSA) is 78.9 Å². The summed E-state index contributed by atoms with van der Waals surface area (Å²) in [4.78, 5) is 38.0. The molecule has 6 heteroatoms.